The van der Waals surface area contributed by atoms with Crippen LogP contribution in [0.15, 0.2) is 78.6 Å². The minimum Gasteiger partial charge on any atom is -0.463 e. The van der Waals surface area contributed by atoms with Gasteiger partial charge in [-0.15, -0.1) is 0 Å². The molecule has 0 radical (unpaired) electrons. The second-order valence-electron chi connectivity index (χ2n) is 5.42. The zero-order valence-electron chi connectivity index (χ0n) is 13.4. The Morgan fingerprint density at radius 3 is 2.50 bits per heavy atom. The third-order valence-electron chi connectivity index (χ3n) is 3.85. The molecule has 24 heavy (non-hydrogen) atoms. The number of nitrogens with zero attached hydrogens (tertiary/aromatic N) is 1. The van der Waals surface area contributed by atoms with Crippen LogP contribution in [0, 0.1) is 5.82 Å². The summed E-state index contributed by atoms with van der Waals surface area (Å²) in [6, 6.07) is 15.9. The predicted octanol–water partition coefficient (Wildman–Crippen LogP) is 4.39. The number of ether oxygens (including phenoxy) is 1. The van der Waals surface area contributed by atoms with Gasteiger partial charge >= 0.3 is 5.97 Å². The highest BCUT2D eigenvalue weighted by Crippen LogP contribution is 2.32. The number of halogens is 1. The molecule has 1 unspecified atom stereocenters. The summed E-state index contributed by atoms with van der Waals surface area (Å²) in [6.07, 6.45) is 5.61. The van der Waals surface area contributed by atoms with Gasteiger partial charge in [0, 0.05) is 24.0 Å². The molecule has 3 nitrogen and oxygen atoms in total. The van der Waals surface area contributed by atoms with Crippen molar-refractivity contribution in [2.45, 2.75) is 12.8 Å². The standard InChI is InChI=1S/C20H18FNO2/c1-2-24-20(23)19-14-22(17-6-4-3-5-7-17)13-12-18(19)15-8-10-16(21)11-9-15/h3-14,18H,2H2,1H3. The average Bonchev–Trinajstić information content (AvgIpc) is 2.63. The Balaban J connectivity index is 1.96. The van der Waals surface area contributed by atoms with E-state index in [0.29, 0.717) is 12.2 Å². The van der Waals surface area contributed by atoms with Crippen molar-refractivity contribution in [3.63, 3.8) is 0 Å². The third-order valence-corrected chi connectivity index (χ3v) is 3.85. The first-order valence-corrected chi connectivity index (χ1v) is 7.85. The summed E-state index contributed by atoms with van der Waals surface area (Å²) in [5.74, 6) is -0.923. The lowest BCUT2D eigenvalue weighted by molar-refractivity contribution is -0.138. The number of para-hydroxylation sites is 1. The molecule has 0 saturated heterocycles. The highest BCUT2D eigenvalue weighted by atomic mass is 19.1. The van der Waals surface area contributed by atoms with E-state index in [1.54, 1.807) is 25.3 Å². The molecule has 0 aliphatic carbocycles. The van der Waals surface area contributed by atoms with Crippen LogP contribution in [0.3, 0.4) is 0 Å². The van der Waals surface area contributed by atoms with Crippen LogP contribution >= 0.6 is 0 Å². The fourth-order valence-electron chi connectivity index (χ4n) is 2.67. The first-order valence-electron chi connectivity index (χ1n) is 7.85. The molecular formula is C20H18FNO2. The molecule has 3 rings (SSSR count). The van der Waals surface area contributed by atoms with Gasteiger partial charge in [0.05, 0.1) is 12.2 Å². The second-order valence-corrected chi connectivity index (χ2v) is 5.42. The summed E-state index contributed by atoms with van der Waals surface area (Å²) in [4.78, 5) is 14.3. The number of esters is 1. The van der Waals surface area contributed by atoms with Gasteiger partial charge < -0.3 is 9.64 Å². The maximum Gasteiger partial charge on any atom is 0.336 e. The largest absolute Gasteiger partial charge is 0.463 e. The molecule has 1 aliphatic heterocycles. The molecule has 0 aromatic heterocycles. The van der Waals surface area contributed by atoms with Crippen molar-refractivity contribution in [3.05, 3.63) is 90.0 Å². The van der Waals surface area contributed by atoms with Crippen LogP contribution in [-0.4, -0.2) is 12.6 Å². The van der Waals surface area contributed by atoms with E-state index in [1.807, 2.05) is 47.5 Å². The quantitative estimate of drug-likeness (QED) is 0.782. The van der Waals surface area contributed by atoms with E-state index in [2.05, 4.69) is 0 Å². The van der Waals surface area contributed by atoms with Crippen molar-refractivity contribution >= 4 is 11.7 Å². The van der Waals surface area contributed by atoms with E-state index in [0.717, 1.165) is 11.3 Å². The van der Waals surface area contributed by atoms with Crippen molar-refractivity contribution in [1.29, 1.82) is 0 Å². The summed E-state index contributed by atoms with van der Waals surface area (Å²) < 4.78 is 18.4. The minimum atomic E-state index is -0.364. The van der Waals surface area contributed by atoms with Gasteiger partial charge in [-0.2, -0.15) is 0 Å². The van der Waals surface area contributed by atoms with Crippen LogP contribution < -0.4 is 4.90 Å². The van der Waals surface area contributed by atoms with E-state index in [-0.39, 0.29) is 17.7 Å². The predicted molar refractivity (Wildman–Crippen MR) is 91.9 cm³/mol. The van der Waals surface area contributed by atoms with Crippen LogP contribution in [0.5, 0.6) is 0 Å². The maximum atomic E-state index is 13.2. The van der Waals surface area contributed by atoms with Gasteiger partial charge in [-0.25, -0.2) is 9.18 Å². The Labute approximate surface area is 140 Å². The molecule has 4 heteroatoms. The Hall–Kier alpha value is -2.88. The molecule has 1 aliphatic rings. The van der Waals surface area contributed by atoms with Crippen LogP contribution in [0.2, 0.25) is 0 Å². The molecule has 0 saturated carbocycles. The van der Waals surface area contributed by atoms with Crippen molar-refractivity contribution in [2.75, 3.05) is 11.5 Å². The van der Waals surface area contributed by atoms with Crippen LogP contribution in [0.1, 0.15) is 18.4 Å². The van der Waals surface area contributed by atoms with Gasteiger partial charge in [0.15, 0.2) is 0 Å². The third kappa shape index (κ3) is 3.38. The summed E-state index contributed by atoms with van der Waals surface area (Å²) in [5, 5.41) is 0. The van der Waals surface area contributed by atoms with Gasteiger partial charge in [-0.3, -0.25) is 0 Å². The van der Waals surface area contributed by atoms with E-state index >= 15 is 0 Å². The Morgan fingerprint density at radius 1 is 1.12 bits per heavy atom. The zero-order chi connectivity index (χ0) is 16.9. The Kier molecular flexibility index (Phi) is 4.75. The summed E-state index contributed by atoms with van der Waals surface area (Å²) in [7, 11) is 0. The van der Waals surface area contributed by atoms with E-state index in [1.165, 1.54) is 12.1 Å². The minimum absolute atomic E-state index is 0.260. The lowest BCUT2D eigenvalue weighted by Gasteiger charge is -2.26. The molecule has 2 aromatic rings. The SMILES string of the molecule is CCOC(=O)C1=CN(c2ccccc2)C=CC1c1ccc(F)cc1. The molecule has 2 aromatic carbocycles. The smallest absolute Gasteiger partial charge is 0.336 e. The van der Waals surface area contributed by atoms with Gasteiger partial charge in [-0.1, -0.05) is 36.4 Å². The molecule has 0 N–H and O–H groups in total. The van der Waals surface area contributed by atoms with Gasteiger partial charge in [0.1, 0.15) is 5.82 Å². The van der Waals surface area contributed by atoms with Crippen molar-refractivity contribution < 1.29 is 13.9 Å². The number of hydrogen-bond donors (Lipinski definition) is 0. The number of hydrogen-bond acceptors (Lipinski definition) is 3. The molecule has 0 fully saturated rings. The van der Waals surface area contributed by atoms with Crippen molar-refractivity contribution in [1.82, 2.24) is 0 Å². The van der Waals surface area contributed by atoms with E-state index in [9.17, 15) is 9.18 Å². The van der Waals surface area contributed by atoms with Crippen LogP contribution in [-0.2, 0) is 9.53 Å². The fraction of sp³-hybridized carbons (Fsp3) is 0.150. The van der Waals surface area contributed by atoms with Crippen molar-refractivity contribution in [2.24, 2.45) is 0 Å². The van der Waals surface area contributed by atoms with Crippen LogP contribution in [0.25, 0.3) is 0 Å². The number of anilines is 1. The van der Waals surface area contributed by atoms with Crippen molar-refractivity contribution in [3.8, 4) is 0 Å². The van der Waals surface area contributed by atoms with Crippen LogP contribution in [0.4, 0.5) is 10.1 Å². The van der Waals surface area contributed by atoms with E-state index in [4.69, 9.17) is 4.74 Å². The lowest BCUT2D eigenvalue weighted by atomic mass is 9.89. The normalized spacial score (nSPS) is 16.7. The van der Waals surface area contributed by atoms with Gasteiger partial charge in [-0.05, 0) is 36.8 Å². The van der Waals surface area contributed by atoms with Gasteiger partial charge in [0.2, 0.25) is 0 Å². The van der Waals surface area contributed by atoms with E-state index < -0.39 is 0 Å². The monoisotopic (exact) mass is 323 g/mol. The zero-order valence-corrected chi connectivity index (χ0v) is 13.4. The summed E-state index contributed by atoms with van der Waals surface area (Å²) >= 11 is 0. The molecule has 1 atom stereocenters. The molecule has 0 spiro atoms. The molecule has 0 amide bonds. The first-order chi connectivity index (χ1) is 11.7. The number of rotatable bonds is 4. The number of carbonyl (C=O) groups is 1. The van der Waals surface area contributed by atoms with Gasteiger partial charge in [0.25, 0.3) is 0 Å². The molecule has 122 valence electrons. The molecule has 1 heterocycles. The molecule has 0 bridgehead atoms. The average molecular weight is 323 g/mol. The topological polar surface area (TPSA) is 29.5 Å². The Morgan fingerprint density at radius 2 is 1.83 bits per heavy atom. The number of allylic oxidation sites excluding steroid dienone is 1. The number of carbonyl (C=O) groups excluding carboxylic acids is 1. The fourth-order valence-corrected chi connectivity index (χ4v) is 2.67. The summed E-state index contributed by atoms with van der Waals surface area (Å²) in [6.45, 7) is 2.08. The maximum absolute atomic E-state index is 13.2. The Bertz CT molecular complexity index is 766. The molecular weight excluding hydrogens is 305 g/mol. The highest BCUT2D eigenvalue weighted by molar-refractivity contribution is 5.92. The first kappa shape index (κ1) is 16.0. The summed E-state index contributed by atoms with van der Waals surface area (Å²) in [5.41, 5.74) is 2.32. The second kappa shape index (κ2) is 7.13. The lowest BCUT2D eigenvalue weighted by Crippen LogP contribution is -2.22. The highest BCUT2D eigenvalue weighted by Gasteiger charge is 2.26. The number of benzene rings is 2.